The maximum Gasteiger partial charge on any atom is 0.209 e. The molecule has 2 aromatic rings. The first-order valence-electron chi connectivity index (χ1n) is 5.88. The van der Waals surface area contributed by atoms with Crippen LogP contribution in [-0.4, -0.2) is 32.5 Å². The Hall–Kier alpha value is -1.11. The topological polar surface area (TPSA) is 55.6 Å². The third-order valence-electron chi connectivity index (χ3n) is 2.67. The predicted molar refractivity (Wildman–Crippen MR) is 79.7 cm³/mol. The fraction of sp³-hybridized carbons (Fsp3) is 0.417. The standard InChI is InChI=1S/C12H17N5S.ClH/c1-10-5-3-4-6-11(10)9-13-7-8-18-12-14-15-16-17(12)2;/h3-6,13H,7-9H2,1-2H3;1H. The van der Waals surface area contributed by atoms with Crippen LogP contribution in [0.4, 0.5) is 0 Å². The van der Waals surface area contributed by atoms with E-state index in [9.17, 15) is 0 Å². The molecule has 1 aromatic carbocycles. The van der Waals surface area contributed by atoms with Crippen LogP contribution in [0.5, 0.6) is 0 Å². The number of aryl methyl sites for hydroxylation is 2. The number of halogens is 1. The van der Waals surface area contributed by atoms with Crippen LogP contribution >= 0.6 is 24.2 Å². The predicted octanol–water partition coefficient (Wildman–Crippen LogP) is 1.82. The molecule has 0 radical (unpaired) electrons. The molecule has 2 rings (SSSR count). The van der Waals surface area contributed by atoms with E-state index in [0.717, 1.165) is 24.0 Å². The van der Waals surface area contributed by atoms with Crippen LogP contribution in [0, 0.1) is 6.92 Å². The van der Waals surface area contributed by atoms with E-state index < -0.39 is 0 Å². The summed E-state index contributed by atoms with van der Waals surface area (Å²) in [6, 6.07) is 8.43. The second kappa shape index (κ2) is 8.14. The van der Waals surface area contributed by atoms with Gasteiger partial charge in [0.1, 0.15) is 0 Å². The van der Waals surface area contributed by atoms with Crippen LogP contribution in [0.1, 0.15) is 11.1 Å². The second-order valence-electron chi connectivity index (χ2n) is 4.04. The second-order valence-corrected chi connectivity index (χ2v) is 5.10. The van der Waals surface area contributed by atoms with Gasteiger partial charge >= 0.3 is 0 Å². The van der Waals surface area contributed by atoms with Gasteiger partial charge in [0.05, 0.1) is 0 Å². The maximum atomic E-state index is 3.92. The number of aromatic nitrogens is 4. The molecule has 104 valence electrons. The van der Waals surface area contributed by atoms with Gasteiger partial charge in [-0.25, -0.2) is 4.68 Å². The Balaban J connectivity index is 0.00000180. The number of tetrazole rings is 1. The molecule has 0 bridgehead atoms. The molecule has 7 heteroatoms. The molecule has 1 heterocycles. The number of thioether (sulfide) groups is 1. The van der Waals surface area contributed by atoms with Crippen LogP contribution in [0.2, 0.25) is 0 Å². The zero-order valence-corrected chi connectivity index (χ0v) is 12.7. The van der Waals surface area contributed by atoms with E-state index in [2.05, 4.69) is 52.0 Å². The first kappa shape index (κ1) is 15.9. The highest BCUT2D eigenvalue weighted by molar-refractivity contribution is 7.99. The van der Waals surface area contributed by atoms with Crippen molar-refractivity contribution in [2.75, 3.05) is 12.3 Å². The van der Waals surface area contributed by atoms with Crippen molar-refractivity contribution in [3.63, 3.8) is 0 Å². The molecule has 0 fully saturated rings. The van der Waals surface area contributed by atoms with Crippen LogP contribution in [-0.2, 0) is 13.6 Å². The summed E-state index contributed by atoms with van der Waals surface area (Å²) >= 11 is 1.66. The van der Waals surface area contributed by atoms with Gasteiger partial charge in [-0.1, -0.05) is 36.0 Å². The number of nitrogens with one attached hydrogen (secondary N) is 1. The van der Waals surface area contributed by atoms with Gasteiger partial charge in [-0.3, -0.25) is 0 Å². The summed E-state index contributed by atoms with van der Waals surface area (Å²) < 4.78 is 1.69. The summed E-state index contributed by atoms with van der Waals surface area (Å²) in [7, 11) is 1.85. The van der Waals surface area contributed by atoms with Crippen molar-refractivity contribution in [2.45, 2.75) is 18.6 Å². The molecule has 0 aliphatic heterocycles. The summed E-state index contributed by atoms with van der Waals surface area (Å²) in [5.74, 6) is 0.958. The fourth-order valence-electron chi connectivity index (χ4n) is 1.59. The van der Waals surface area contributed by atoms with Gasteiger partial charge in [0.25, 0.3) is 0 Å². The molecule has 0 aliphatic carbocycles. The minimum atomic E-state index is 0. The summed E-state index contributed by atoms with van der Waals surface area (Å²) in [5.41, 5.74) is 2.68. The van der Waals surface area contributed by atoms with E-state index in [1.165, 1.54) is 11.1 Å². The quantitative estimate of drug-likeness (QED) is 0.651. The lowest BCUT2D eigenvalue weighted by molar-refractivity contribution is 0.663. The van der Waals surface area contributed by atoms with Crippen molar-refractivity contribution in [2.24, 2.45) is 7.05 Å². The highest BCUT2D eigenvalue weighted by atomic mass is 35.5. The average Bonchev–Trinajstić information content (AvgIpc) is 2.77. The number of nitrogens with zero attached hydrogens (tertiary/aromatic N) is 4. The molecule has 0 aliphatic rings. The minimum absolute atomic E-state index is 0. The van der Waals surface area contributed by atoms with Crippen molar-refractivity contribution in [1.82, 2.24) is 25.5 Å². The molecule has 0 saturated carbocycles. The lowest BCUT2D eigenvalue weighted by Crippen LogP contribution is -2.17. The Labute approximate surface area is 123 Å². The summed E-state index contributed by atoms with van der Waals surface area (Å²) in [6.45, 7) is 3.98. The zero-order valence-electron chi connectivity index (χ0n) is 11.0. The highest BCUT2D eigenvalue weighted by Gasteiger charge is 2.02. The number of rotatable bonds is 6. The van der Waals surface area contributed by atoms with Gasteiger partial charge in [-0.05, 0) is 28.5 Å². The van der Waals surface area contributed by atoms with Crippen LogP contribution < -0.4 is 5.32 Å². The zero-order chi connectivity index (χ0) is 12.8. The summed E-state index contributed by atoms with van der Waals surface area (Å²) in [5, 5.41) is 15.6. The van der Waals surface area contributed by atoms with Crippen LogP contribution in [0.3, 0.4) is 0 Å². The molecule has 19 heavy (non-hydrogen) atoms. The molecule has 0 spiro atoms. The Kier molecular flexibility index (Phi) is 6.83. The molecule has 1 aromatic heterocycles. The lowest BCUT2D eigenvalue weighted by Gasteiger charge is -2.06. The number of hydrogen-bond acceptors (Lipinski definition) is 5. The Morgan fingerprint density at radius 1 is 1.32 bits per heavy atom. The van der Waals surface area contributed by atoms with E-state index in [4.69, 9.17) is 0 Å². The van der Waals surface area contributed by atoms with Gasteiger partial charge in [0.15, 0.2) is 0 Å². The smallest absolute Gasteiger partial charge is 0.209 e. The third kappa shape index (κ3) is 4.81. The molecule has 1 N–H and O–H groups in total. The Morgan fingerprint density at radius 2 is 2.11 bits per heavy atom. The summed E-state index contributed by atoms with van der Waals surface area (Å²) in [4.78, 5) is 0. The fourth-order valence-corrected chi connectivity index (χ4v) is 2.34. The Bertz CT molecular complexity index is 502. The van der Waals surface area contributed by atoms with E-state index in [0.29, 0.717) is 0 Å². The summed E-state index contributed by atoms with van der Waals surface area (Å²) in [6.07, 6.45) is 0. The number of benzene rings is 1. The van der Waals surface area contributed by atoms with Crippen molar-refractivity contribution in [1.29, 1.82) is 0 Å². The van der Waals surface area contributed by atoms with Gasteiger partial charge < -0.3 is 5.32 Å². The van der Waals surface area contributed by atoms with Crippen molar-refractivity contribution in [3.05, 3.63) is 35.4 Å². The molecule has 0 saturated heterocycles. The van der Waals surface area contributed by atoms with Crippen molar-refractivity contribution >= 4 is 24.2 Å². The van der Waals surface area contributed by atoms with Gasteiger partial charge in [-0.15, -0.1) is 17.5 Å². The maximum absolute atomic E-state index is 3.92. The lowest BCUT2D eigenvalue weighted by atomic mass is 10.1. The average molecular weight is 300 g/mol. The molecule has 0 amide bonds. The normalized spacial score (nSPS) is 10.2. The molecule has 0 unspecified atom stereocenters. The first-order chi connectivity index (χ1) is 8.77. The van der Waals surface area contributed by atoms with Gasteiger partial charge in [-0.2, -0.15) is 0 Å². The van der Waals surface area contributed by atoms with Crippen LogP contribution in [0.25, 0.3) is 0 Å². The van der Waals surface area contributed by atoms with Crippen molar-refractivity contribution in [3.8, 4) is 0 Å². The van der Waals surface area contributed by atoms with Crippen LogP contribution in [0.15, 0.2) is 29.4 Å². The number of hydrogen-bond donors (Lipinski definition) is 1. The van der Waals surface area contributed by atoms with Crippen molar-refractivity contribution < 1.29 is 0 Å². The molecular formula is C12H18ClN5S. The molecular weight excluding hydrogens is 282 g/mol. The minimum Gasteiger partial charge on any atom is -0.312 e. The molecule has 5 nitrogen and oxygen atoms in total. The highest BCUT2D eigenvalue weighted by Crippen LogP contribution is 2.11. The van der Waals surface area contributed by atoms with E-state index in [1.54, 1.807) is 16.4 Å². The van der Waals surface area contributed by atoms with E-state index >= 15 is 0 Å². The van der Waals surface area contributed by atoms with E-state index in [1.807, 2.05) is 7.05 Å². The van der Waals surface area contributed by atoms with Gasteiger partial charge in [0, 0.05) is 25.9 Å². The first-order valence-corrected chi connectivity index (χ1v) is 6.86. The SMILES string of the molecule is Cc1ccccc1CNCCSc1nnnn1C.Cl. The van der Waals surface area contributed by atoms with Gasteiger partial charge in [0.2, 0.25) is 5.16 Å². The largest absolute Gasteiger partial charge is 0.312 e. The Morgan fingerprint density at radius 3 is 2.79 bits per heavy atom. The molecule has 0 atom stereocenters. The third-order valence-corrected chi connectivity index (χ3v) is 3.68. The van der Waals surface area contributed by atoms with E-state index in [-0.39, 0.29) is 12.4 Å². The monoisotopic (exact) mass is 299 g/mol.